The van der Waals surface area contributed by atoms with Crippen LogP contribution in [0.15, 0.2) is 36.4 Å². The average molecular weight is 305 g/mol. The average Bonchev–Trinajstić information content (AvgIpc) is 2.44. The van der Waals surface area contributed by atoms with Crippen molar-refractivity contribution >= 4 is 23.0 Å². The molecule has 21 heavy (non-hydrogen) atoms. The van der Waals surface area contributed by atoms with E-state index in [9.17, 15) is 4.39 Å². The highest BCUT2D eigenvalue weighted by molar-refractivity contribution is 6.30. The minimum atomic E-state index is -0.322. The van der Waals surface area contributed by atoms with Crippen molar-refractivity contribution < 1.29 is 4.39 Å². The van der Waals surface area contributed by atoms with Gasteiger partial charge in [0.05, 0.1) is 0 Å². The fourth-order valence-corrected chi connectivity index (χ4v) is 3.03. The van der Waals surface area contributed by atoms with Crippen molar-refractivity contribution in [3.05, 3.63) is 58.4 Å². The Morgan fingerprint density at radius 3 is 2.90 bits per heavy atom. The van der Waals surface area contributed by atoms with E-state index in [2.05, 4.69) is 35.5 Å². The second-order valence-corrected chi connectivity index (χ2v) is 5.94. The lowest BCUT2D eigenvalue weighted by molar-refractivity contribution is 0.628. The van der Waals surface area contributed by atoms with Gasteiger partial charge in [-0.05, 0) is 48.2 Å². The quantitative estimate of drug-likeness (QED) is 0.900. The molecule has 0 amide bonds. The van der Waals surface area contributed by atoms with Crippen LogP contribution in [0.1, 0.15) is 17.5 Å². The van der Waals surface area contributed by atoms with E-state index >= 15 is 0 Å². The Kier molecular flexibility index (Phi) is 4.02. The maximum absolute atomic E-state index is 13.3. The Balaban J connectivity index is 1.73. The normalized spacial score (nSPS) is 14.0. The molecule has 0 saturated carbocycles. The van der Waals surface area contributed by atoms with Crippen LogP contribution in [0, 0.1) is 5.82 Å². The largest absolute Gasteiger partial charge is 0.381 e. The molecule has 3 rings (SSSR count). The first-order valence-electron chi connectivity index (χ1n) is 7.15. The zero-order valence-corrected chi connectivity index (χ0v) is 12.8. The number of hydrogen-bond donors (Lipinski definition) is 1. The van der Waals surface area contributed by atoms with E-state index in [1.165, 1.54) is 35.4 Å². The highest BCUT2D eigenvalue weighted by Gasteiger charge is 2.13. The van der Waals surface area contributed by atoms with Crippen molar-refractivity contribution in [2.75, 3.05) is 23.8 Å². The Hall–Kier alpha value is -1.74. The van der Waals surface area contributed by atoms with E-state index < -0.39 is 0 Å². The number of nitrogens with one attached hydrogen (secondary N) is 1. The van der Waals surface area contributed by atoms with Crippen molar-refractivity contribution in [3.8, 4) is 0 Å². The molecule has 0 bridgehead atoms. The molecule has 0 aromatic heterocycles. The Morgan fingerprint density at radius 1 is 1.24 bits per heavy atom. The molecule has 0 atom stereocenters. The molecule has 0 saturated heterocycles. The minimum Gasteiger partial charge on any atom is -0.381 e. The molecule has 1 N–H and O–H groups in total. The number of fused-ring (bicyclic) bond motifs is 1. The van der Waals surface area contributed by atoms with Gasteiger partial charge in [-0.1, -0.05) is 23.7 Å². The molecule has 0 aliphatic carbocycles. The van der Waals surface area contributed by atoms with Crippen LogP contribution in [-0.2, 0) is 13.0 Å². The first kappa shape index (κ1) is 14.2. The van der Waals surface area contributed by atoms with Gasteiger partial charge in [-0.2, -0.15) is 0 Å². The van der Waals surface area contributed by atoms with E-state index in [0.29, 0.717) is 17.3 Å². The highest BCUT2D eigenvalue weighted by atomic mass is 35.5. The van der Waals surface area contributed by atoms with Crippen molar-refractivity contribution in [1.29, 1.82) is 0 Å². The second kappa shape index (κ2) is 5.94. The Morgan fingerprint density at radius 2 is 2.10 bits per heavy atom. The smallest absolute Gasteiger partial charge is 0.126 e. The highest BCUT2D eigenvalue weighted by Crippen LogP contribution is 2.27. The van der Waals surface area contributed by atoms with Gasteiger partial charge in [-0.25, -0.2) is 4.39 Å². The van der Waals surface area contributed by atoms with Gasteiger partial charge in [0.1, 0.15) is 5.82 Å². The van der Waals surface area contributed by atoms with Crippen molar-refractivity contribution in [1.82, 2.24) is 0 Å². The van der Waals surface area contributed by atoms with Gasteiger partial charge in [0.2, 0.25) is 0 Å². The zero-order valence-electron chi connectivity index (χ0n) is 12.0. The first-order chi connectivity index (χ1) is 10.1. The van der Waals surface area contributed by atoms with Crippen LogP contribution in [0.2, 0.25) is 5.02 Å². The molecule has 1 aliphatic rings. The first-order valence-corrected chi connectivity index (χ1v) is 7.52. The number of aryl methyl sites for hydroxylation is 1. The van der Waals surface area contributed by atoms with Gasteiger partial charge in [0.25, 0.3) is 0 Å². The molecule has 2 aromatic carbocycles. The molecular weight excluding hydrogens is 287 g/mol. The van der Waals surface area contributed by atoms with Crippen LogP contribution in [0.25, 0.3) is 0 Å². The summed E-state index contributed by atoms with van der Waals surface area (Å²) in [6.45, 7) is 1.78. The summed E-state index contributed by atoms with van der Waals surface area (Å²) >= 11 is 5.86. The third kappa shape index (κ3) is 3.30. The van der Waals surface area contributed by atoms with E-state index in [-0.39, 0.29) is 5.82 Å². The summed E-state index contributed by atoms with van der Waals surface area (Å²) in [5.74, 6) is -0.322. The summed E-state index contributed by atoms with van der Waals surface area (Å²) in [5.41, 5.74) is 4.61. The molecule has 2 aromatic rings. The van der Waals surface area contributed by atoms with Crippen LogP contribution < -0.4 is 10.2 Å². The van der Waals surface area contributed by atoms with E-state index in [1.807, 2.05) is 0 Å². The number of benzene rings is 2. The van der Waals surface area contributed by atoms with E-state index in [1.54, 1.807) is 6.07 Å². The van der Waals surface area contributed by atoms with Gasteiger partial charge in [0, 0.05) is 36.5 Å². The fraction of sp³-hybridized carbons (Fsp3) is 0.294. The monoisotopic (exact) mass is 304 g/mol. The summed E-state index contributed by atoms with van der Waals surface area (Å²) in [5, 5.41) is 3.63. The topological polar surface area (TPSA) is 15.3 Å². The Labute approximate surface area is 129 Å². The number of hydrogen-bond acceptors (Lipinski definition) is 2. The van der Waals surface area contributed by atoms with Gasteiger partial charge in [-0.15, -0.1) is 0 Å². The van der Waals surface area contributed by atoms with Crippen LogP contribution in [0.5, 0.6) is 0 Å². The van der Waals surface area contributed by atoms with Crippen molar-refractivity contribution in [3.63, 3.8) is 0 Å². The van der Waals surface area contributed by atoms with E-state index in [4.69, 9.17) is 11.6 Å². The summed E-state index contributed by atoms with van der Waals surface area (Å²) < 4.78 is 13.3. The lowest BCUT2D eigenvalue weighted by Crippen LogP contribution is -2.24. The van der Waals surface area contributed by atoms with Crippen LogP contribution >= 0.6 is 11.6 Å². The molecule has 0 radical (unpaired) electrons. The molecule has 0 unspecified atom stereocenters. The van der Waals surface area contributed by atoms with Gasteiger partial charge >= 0.3 is 0 Å². The molecular formula is C17H18ClFN2. The van der Waals surface area contributed by atoms with Gasteiger partial charge < -0.3 is 10.2 Å². The number of nitrogens with zero attached hydrogens (tertiary/aromatic N) is 1. The molecule has 0 fully saturated rings. The number of halogens is 2. The van der Waals surface area contributed by atoms with Crippen LogP contribution in [0.3, 0.4) is 0 Å². The predicted molar refractivity (Wildman–Crippen MR) is 86.8 cm³/mol. The molecule has 110 valence electrons. The fourth-order valence-electron chi connectivity index (χ4n) is 2.81. The molecule has 4 heteroatoms. The summed E-state index contributed by atoms with van der Waals surface area (Å²) in [7, 11) is 2.13. The maximum atomic E-state index is 13.3. The molecule has 0 spiro atoms. The third-order valence-corrected chi connectivity index (χ3v) is 4.07. The van der Waals surface area contributed by atoms with Crippen molar-refractivity contribution in [2.45, 2.75) is 19.4 Å². The third-order valence-electron chi connectivity index (χ3n) is 3.85. The van der Waals surface area contributed by atoms with Crippen LogP contribution in [0.4, 0.5) is 15.8 Å². The number of anilines is 2. The van der Waals surface area contributed by atoms with Crippen molar-refractivity contribution in [2.24, 2.45) is 0 Å². The summed E-state index contributed by atoms with van der Waals surface area (Å²) in [6, 6.07) is 11.0. The van der Waals surface area contributed by atoms with Crippen LogP contribution in [-0.4, -0.2) is 13.6 Å². The molecule has 1 heterocycles. The van der Waals surface area contributed by atoms with E-state index in [0.717, 1.165) is 13.0 Å². The maximum Gasteiger partial charge on any atom is 0.126 e. The SMILES string of the molecule is CN1CCCc2cc(CNc3cc(F)cc(Cl)c3)ccc21. The Bertz CT molecular complexity index is 637. The molecule has 1 aliphatic heterocycles. The summed E-state index contributed by atoms with van der Waals surface area (Å²) in [6.07, 6.45) is 2.32. The predicted octanol–water partition coefficient (Wildman–Crippen LogP) is 4.47. The minimum absolute atomic E-state index is 0.322. The lowest BCUT2D eigenvalue weighted by Gasteiger charge is -2.27. The van der Waals surface area contributed by atoms with Gasteiger partial charge in [0.15, 0.2) is 0 Å². The summed E-state index contributed by atoms with van der Waals surface area (Å²) in [4.78, 5) is 2.29. The second-order valence-electron chi connectivity index (χ2n) is 5.50. The number of rotatable bonds is 3. The van der Waals surface area contributed by atoms with Gasteiger partial charge in [-0.3, -0.25) is 0 Å². The molecule has 2 nitrogen and oxygen atoms in total. The standard InChI is InChI=1S/C17H18ClFN2/c1-21-6-2-3-13-7-12(4-5-17(13)21)11-20-16-9-14(18)8-15(19)10-16/h4-5,7-10,20H,2-3,6,11H2,1H3. The zero-order chi connectivity index (χ0) is 14.8. The lowest BCUT2D eigenvalue weighted by atomic mass is 9.99.